The summed E-state index contributed by atoms with van der Waals surface area (Å²) in [5.41, 5.74) is 2.46. The Kier molecular flexibility index (Phi) is 5.49. The second-order valence-corrected chi connectivity index (χ2v) is 3.87. The maximum Gasteiger partial charge on any atom is 0.340 e. The van der Waals surface area contributed by atoms with Crippen molar-refractivity contribution in [1.82, 2.24) is 0 Å². The lowest BCUT2D eigenvalue weighted by atomic mass is 10.1. The smallest absolute Gasteiger partial charge is 0.340 e. The molecule has 0 saturated heterocycles. The van der Waals surface area contributed by atoms with Crippen molar-refractivity contribution in [3.8, 4) is 0 Å². The summed E-state index contributed by atoms with van der Waals surface area (Å²) < 4.78 is 5.11. The van der Waals surface area contributed by atoms with Gasteiger partial charge in [-0.25, -0.2) is 4.79 Å². The maximum absolute atomic E-state index is 12.0. The molecule has 0 atom stereocenters. The number of anilines is 2. The van der Waals surface area contributed by atoms with E-state index in [1.54, 1.807) is 0 Å². The van der Waals surface area contributed by atoms with Crippen molar-refractivity contribution in [2.24, 2.45) is 0 Å². The number of hydrogen-bond donors (Lipinski definition) is 1. The molecule has 4 nitrogen and oxygen atoms in total. The number of ether oxygens (including phenoxy) is 1. The first-order chi connectivity index (χ1) is 8.67. The summed E-state index contributed by atoms with van der Waals surface area (Å²) >= 11 is 0. The molecule has 1 aromatic carbocycles. The first kappa shape index (κ1) is 14.4. The van der Waals surface area contributed by atoms with Crippen LogP contribution in [0.3, 0.4) is 0 Å². The highest BCUT2D eigenvalue weighted by Crippen LogP contribution is 2.25. The van der Waals surface area contributed by atoms with Gasteiger partial charge in [0.1, 0.15) is 0 Å². The van der Waals surface area contributed by atoms with E-state index >= 15 is 0 Å². The zero-order valence-electron chi connectivity index (χ0n) is 11.6. The summed E-state index contributed by atoms with van der Waals surface area (Å²) in [6.45, 7) is 8.08. The zero-order valence-corrected chi connectivity index (χ0v) is 11.6. The van der Waals surface area contributed by atoms with Crippen LogP contribution >= 0.6 is 0 Å². The molecule has 0 aliphatic carbocycles. The number of rotatable bonds is 6. The molecular formula is C14H22N2O2. The fraction of sp³-hybridized carbons (Fsp3) is 0.500. The van der Waals surface area contributed by atoms with Crippen molar-refractivity contribution in [2.75, 3.05) is 37.0 Å². The third kappa shape index (κ3) is 3.15. The Morgan fingerprint density at radius 3 is 2.44 bits per heavy atom. The second kappa shape index (κ2) is 6.89. The average Bonchev–Trinajstić information content (AvgIpc) is 2.40. The number of carbonyl (C=O) groups is 1. The lowest BCUT2D eigenvalue weighted by Gasteiger charge is -2.24. The molecule has 0 amide bonds. The monoisotopic (exact) mass is 250 g/mol. The molecule has 0 aromatic heterocycles. The van der Waals surface area contributed by atoms with Crippen LogP contribution < -0.4 is 10.2 Å². The van der Waals surface area contributed by atoms with Crippen LogP contribution in [0.1, 0.15) is 31.1 Å². The van der Waals surface area contributed by atoms with Crippen molar-refractivity contribution >= 4 is 17.3 Å². The average molecular weight is 250 g/mol. The van der Waals surface area contributed by atoms with E-state index < -0.39 is 0 Å². The minimum absolute atomic E-state index is 0.267. The third-order valence-corrected chi connectivity index (χ3v) is 2.88. The summed E-state index contributed by atoms with van der Waals surface area (Å²) in [5, 5.41) is 3.04. The molecule has 0 radical (unpaired) electrons. The van der Waals surface area contributed by atoms with Gasteiger partial charge in [0.05, 0.1) is 17.9 Å². The summed E-state index contributed by atoms with van der Waals surface area (Å²) in [5.74, 6) is -0.267. The molecule has 0 bridgehead atoms. The van der Waals surface area contributed by atoms with Gasteiger partial charge in [-0.1, -0.05) is 0 Å². The van der Waals surface area contributed by atoms with Crippen molar-refractivity contribution in [3.05, 3.63) is 23.8 Å². The molecule has 4 heteroatoms. The largest absolute Gasteiger partial charge is 0.462 e. The molecule has 0 aliphatic rings. The standard InChI is InChI=1S/C14H22N2O2/c1-5-16(6-2)13-9-8-11(15-4)10-12(13)14(17)18-7-3/h8-10,15H,5-7H2,1-4H3. The minimum atomic E-state index is -0.267. The number of benzene rings is 1. The highest BCUT2D eigenvalue weighted by atomic mass is 16.5. The Morgan fingerprint density at radius 1 is 1.28 bits per heavy atom. The maximum atomic E-state index is 12.0. The van der Waals surface area contributed by atoms with Gasteiger partial charge in [-0.2, -0.15) is 0 Å². The Morgan fingerprint density at radius 2 is 1.94 bits per heavy atom. The van der Waals surface area contributed by atoms with Crippen LogP contribution in [0.25, 0.3) is 0 Å². The molecule has 0 saturated carbocycles. The highest BCUT2D eigenvalue weighted by Gasteiger charge is 2.16. The van der Waals surface area contributed by atoms with Gasteiger partial charge in [-0.15, -0.1) is 0 Å². The lowest BCUT2D eigenvalue weighted by Crippen LogP contribution is -2.24. The Bertz CT molecular complexity index is 401. The molecule has 1 N–H and O–H groups in total. The van der Waals surface area contributed by atoms with E-state index in [0.29, 0.717) is 12.2 Å². The predicted octanol–water partition coefficient (Wildman–Crippen LogP) is 2.75. The quantitative estimate of drug-likeness (QED) is 0.788. The van der Waals surface area contributed by atoms with Gasteiger partial charge in [0.25, 0.3) is 0 Å². The predicted molar refractivity (Wildman–Crippen MR) is 75.5 cm³/mol. The van der Waals surface area contributed by atoms with E-state index in [2.05, 4.69) is 24.1 Å². The van der Waals surface area contributed by atoms with E-state index in [-0.39, 0.29) is 5.97 Å². The van der Waals surface area contributed by atoms with Crippen molar-refractivity contribution in [1.29, 1.82) is 0 Å². The number of esters is 1. The van der Waals surface area contributed by atoms with Crippen LogP contribution in [0.5, 0.6) is 0 Å². The fourth-order valence-electron chi connectivity index (χ4n) is 1.90. The summed E-state index contributed by atoms with van der Waals surface area (Å²) in [7, 11) is 1.83. The van der Waals surface area contributed by atoms with Crippen LogP contribution in [0.4, 0.5) is 11.4 Å². The Labute approximate surface area is 109 Å². The van der Waals surface area contributed by atoms with Crippen molar-refractivity contribution in [3.63, 3.8) is 0 Å². The zero-order chi connectivity index (χ0) is 13.5. The normalized spacial score (nSPS) is 10.0. The van der Waals surface area contributed by atoms with E-state index in [9.17, 15) is 4.79 Å². The van der Waals surface area contributed by atoms with Crippen LogP contribution in [-0.4, -0.2) is 32.7 Å². The Hall–Kier alpha value is -1.71. The topological polar surface area (TPSA) is 41.6 Å². The molecule has 0 fully saturated rings. The third-order valence-electron chi connectivity index (χ3n) is 2.88. The molecule has 1 rings (SSSR count). The van der Waals surface area contributed by atoms with E-state index in [1.165, 1.54) is 0 Å². The van der Waals surface area contributed by atoms with Crippen molar-refractivity contribution in [2.45, 2.75) is 20.8 Å². The molecule has 100 valence electrons. The van der Waals surface area contributed by atoms with Gasteiger partial charge in [0.2, 0.25) is 0 Å². The van der Waals surface area contributed by atoms with Gasteiger partial charge in [0.15, 0.2) is 0 Å². The van der Waals surface area contributed by atoms with E-state index in [0.717, 1.165) is 24.5 Å². The first-order valence-electron chi connectivity index (χ1n) is 6.41. The molecule has 18 heavy (non-hydrogen) atoms. The van der Waals surface area contributed by atoms with Crippen LogP contribution in [-0.2, 0) is 4.74 Å². The summed E-state index contributed by atoms with van der Waals surface area (Å²) in [4.78, 5) is 14.1. The second-order valence-electron chi connectivity index (χ2n) is 3.87. The first-order valence-corrected chi connectivity index (χ1v) is 6.41. The van der Waals surface area contributed by atoms with Gasteiger partial charge in [-0.3, -0.25) is 0 Å². The van der Waals surface area contributed by atoms with Crippen LogP contribution in [0, 0.1) is 0 Å². The number of nitrogens with one attached hydrogen (secondary N) is 1. The molecule has 0 unspecified atom stereocenters. The molecular weight excluding hydrogens is 228 g/mol. The van der Waals surface area contributed by atoms with E-state index in [4.69, 9.17) is 4.74 Å². The van der Waals surface area contributed by atoms with Crippen LogP contribution in [0.2, 0.25) is 0 Å². The minimum Gasteiger partial charge on any atom is -0.462 e. The SMILES string of the molecule is CCOC(=O)c1cc(NC)ccc1N(CC)CC. The summed E-state index contributed by atoms with van der Waals surface area (Å²) in [6.07, 6.45) is 0. The lowest BCUT2D eigenvalue weighted by molar-refractivity contribution is 0.0527. The number of carbonyl (C=O) groups excluding carboxylic acids is 1. The number of hydrogen-bond acceptors (Lipinski definition) is 4. The van der Waals surface area contributed by atoms with Gasteiger partial charge in [0, 0.05) is 25.8 Å². The molecule has 0 spiro atoms. The molecule has 0 heterocycles. The van der Waals surface area contributed by atoms with Gasteiger partial charge in [-0.05, 0) is 39.0 Å². The number of nitrogens with zero attached hydrogens (tertiary/aromatic N) is 1. The summed E-state index contributed by atoms with van der Waals surface area (Å²) in [6, 6.07) is 5.77. The van der Waals surface area contributed by atoms with Gasteiger partial charge < -0.3 is 15.0 Å². The van der Waals surface area contributed by atoms with E-state index in [1.807, 2.05) is 32.2 Å². The van der Waals surface area contributed by atoms with Gasteiger partial charge >= 0.3 is 5.97 Å². The Balaban J connectivity index is 3.19. The molecule has 1 aromatic rings. The highest BCUT2D eigenvalue weighted by molar-refractivity contribution is 5.97. The van der Waals surface area contributed by atoms with Crippen LogP contribution in [0.15, 0.2) is 18.2 Å². The molecule has 0 aliphatic heterocycles. The fourth-order valence-corrected chi connectivity index (χ4v) is 1.90. The van der Waals surface area contributed by atoms with Crippen molar-refractivity contribution < 1.29 is 9.53 Å².